The fourth-order valence-corrected chi connectivity index (χ4v) is 1.90. The van der Waals surface area contributed by atoms with Gasteiger partial charge in [-0.1, -0.05) is 0 Å². The lowest BCUT2D eigenvalue weighted by atomic mass is 10.2. The summed E-state index contributed by atoms with van der Waals surface area (Å²) in [4.78, 5) is 29.6. The van der Waals surface area contributed by atoms with Crippen LogP contribution in [0.15, 0.2) is 41.6 Å². The van der Waals surface area contributed by atoms with E-state index in [2.05, 4.69) is 19.8 Å². The second-order valence-electron chi connectivity index (χ2n) is 4.06. The molecule has 7 nitrogen and oxygen atoms in total. The van der Waals surface area contributed by atoms with Crippen LogP contribution in [-0.2, 0) is 4.74 Å². The average molecular weight is 270 g/mol. The highest BCUT2D eigenvalue weighted by Crippen LogP contribution is 2.14. The van der Waals surface area contributed by atoms with Crippen molar-refractivity contribution in [1.29, 1.82) is 0 Å². The topological polar surface area (TPSA) is 89.9 Å². The van der Waals surface area contributed by atoms with Gasteiger partial charge in [-0.2, -0.15) is 5.10 Å². The smallest absolute Gasteiger partial charge is 0.337 e. The Morgan fingerprint density at radius 2 is 2.05 bits per heavy atom. The van der Waals surface area contributed by atoms with Gasteiger partial charge in [0.2, 0.25) is 0 Å². The van der Waals surface area contributed by atoms with Crippen molar-refractivity contribution >= 4 is 17.0 Å². The Bertz CT molecular complexity index is 833. The summed E-state index contributed by atoms with van der Waals surface area (Å²) >= 11 is 0. The molecule has 0 aliphatic carbocycles. The first-order valence-electron chi connectivity index (χ1n) is 5.81. The number of carbonyl (C=O) groups excluding carboxylic acids is 1. The Kier molecular flexibility index (Phi) is 2.79. The Morgan fingerprint density at radius 1 is 1.30 bits per heavy atom. The second kappa shape index (κ2) is 4.61. The zero-order valence-electron chi connectivity index (χ0n) is 10.5. The van der Waals surface area contributed by atoms with Gasteiger partial charge in [-0.15, -0.1) is 0 Å². The third-order valence-electron chi connectivity index (χ3n) is 2.90. The van der Waals surface area contributed by atoms with E-state index in [1.807, 2.05) is 0 Å². The zero-order chi connectivity index (χ0) is 14.1. The van der Waals surface area contributed by atoms with Crippen LogP contribution in [0.5, 0.6) is 0 Å². The van der Waals surface area contributed by atoms with Crippen molar-refractivity contribution in [3.8, 4) is 5.69 Å². The van der Waals surface area contributed by atoms with Crippen molar-refractivity contribution in [2.24, 2.45) is 0 Å². The van der Waals surface area contributed by atoms with E-state index in [9.17, 15) is 9.59 Å². The van der Waals surface area contributed by atoms with E-state index in [1.165, 1.54) is 24.3 Å². The molecule has 20 heavy (non-hydrogen) atoms. The molecule has 0 unspecified atom stereocenters. The van der Waals surface area contributed by atoms with Crippen LogP contribution in [0.4, 0.5) is 0 Å². The molecule has 0 saturated heterocycles. The molecule has 3 rings (SSSR count). The highest BCUT2D eigenvalue weighted by molar-refractivity contribution is 5.89. The number of nitrogens with one attached hydrogen (secondary N) is 1. The molecule has 0 aliphatic rings. The summed E-state index contributed by atoms with van der Waals surface area (Å²) in [6.45, 7) is 0. The molecule has 0 spiro atoms. The highest BCUT2D eigenvalue weighted by atomic mass is 16.5. The van der Waals surface area contributed by atoms with Crippen molar-refractivity contribution in [1.82, 2.24) is 19.7 Å². The van der Waals surface area contributed by atoms with Crippen LogP contribution in [0, 0.1) is 0 Å². The lowest BCUT2D eigenvalue weighted by Crippen LogP contribution is -2.07. The molecule has 3 aromatic rings. The number of fused-ring (bicyclic) bond motifs is 1. The van der Waals surface area contributed by atoms with Gasteiger partial charge in [0, 0.05) is 0 Å². The molecule has 1 N–H and O–H groups in total. The van der Waals surface area contributed by atoms with E-state index in [-0.39, 0.29) is 5.56 Å². The molecule has 0 amide bonds. The summed E-state index contributed by atoms with van der Waals surface area (Å²) in [7, 11) is 1.33. The first kappa shape index (κ1) is 12.1. The number of aromatic nitrogens is 4. The minimum atomic E-state index is -0.406. The molecule has 7 heteroatoms. The summed E-state index contributed by atoms with van der Waals surface area (Å²) in [5, 5.41) is 4.55. The van der Waals surface area contributed by atoms with Gasteiger partial charge < -0.3 is 9.72 Å². The van der Waals surface area contributed by atoms with Crippen LogP contribution in [0.2, 0.25) is 0 Å². The zero-order valence-corrected chi connectivity index (χ0v) is 10.5. The van der Waals surface area contributed by atoms with E-state index in [0.717, 1.165) is 0 Å². The number of H-pyrrole nitrogens is 1. The number of hydrogen-bond donors (Lipinski definition) is 1. The molecule has 0 aliphatic heterocycles. The predicted molar refractivity (Wildman–Crippen MR) is 70.8 cm³/mol. The number of carbonyl (C=O) groups is 1. The fraction of sp³-hybridized carbons (Fsp3) is 0.0769. The Labute approximate surface area is 112 Å². The number of rotatable bonds is 2. The molecule has 0 saturated carbocycles. The van der Waals surface area contributed by atoms with Gasteiger partial charge in [-0.05, 0) is 24.3 Å². The summed E-state index contributed by atoms with van der Waals surface area (Å²) in [6.07, 6.45) is 2.78. The molecule has 0 radical (unpaired) electrons. The minimum absolute atomic E-state index is 0.243. The first-order valence-corrected chi connectivity index (χ1v) is 5.81. The maximum absolute atomic E-state index is 11.6. The normalized spacial score (nSPS) is 10.7. The quantitative estimate of drug-likeness (QED) is 0.698. The van der Waals surface area contributed by atoms with E-state index in [0.29, 0.717) is 22.3 Å². The third kappa shape index (κ3) is 1.85. The Morgan fingerprint density at radius 3 is 2.75 bits per heavy atom. The number of esters is 1. The summed E-state index contributed by atoms with van der Waals surface area (Å²) in [5.41, 5.74) is 1.36. The van der Waals surface area contributed by atoms with Crippen LogP contribution < -0.4 is 5.56 Å². The van der Waals surface area contributed by atoms with Crippen molar-refractivity contribution in [3.05, 3.63) is 52.7 Å². The van der Waals surface area contributed by atoms with Gasteiger partial charge >= 0.3 is 5.97 Å². The molecule has 2 heterocycles. The van der Waals surface area contributed by atoms with E-state index in [4.69, 9.17) is 0 Å². The SMILES string of the molecule is COC(=O)c1ccc(-n2ncc3c(=O)[nH]cnc32)cc1. The van der Waals surface area contributed by atoms with Crippen LogP contribution >= 0.6 is 0 Å². The molecule has 2 aromatic heterocycles. The molecule has 1 aromatic carbocycles. The predicted octanol–water partition coefficient (Wildman–Crippen LogP) is 0.895. The van der Waals surface area contributed by atoms with Crippen molar-refractivity contribution in [2.45, 2.75) is 0 Å². The molecular weight excluding hydrogens is 260 g/mol. The lowest BCUT2D eigenvalue weighted by Gasteiger charge is -2.04. The van der Waals surface area contributed by atoms with Crippen molar-refractivity contribution in [2.75, 3.05) is 7.11 Å². The van der Waals surface area contributed by atoms with Gasteiger partial charge in [-0.3, -0.25) is 4.79 Å². The number of benzene rings is 1. The van der Waals surface area contributed by atoms with Crippen LogP contribution in [0.25, 0.3) is 16.7 Å². The van der Waals surface area contributed by atoms with Gasteiger partial charge in [0.25, 0.3) is 5.56 Å². The number of aromatic amines is 1. The lowest BCUT2D eigenvalue weighted by molar-refractivity contribution is 0.0601. The number of methoxy groups -OCH3 is 1. The monoisotopic (exact) mass is 270 g/mol. The van der Waals surface area contributed by atoms with Crippen LogP contribution in [0.1, 0.15) is 10.4 Å². The van der Waals surface area contributed by atoms with Crippen molar-refractivity contribution < 1.29 is 9.53 Å². The maximum atomic E-state index is 11.6. The number of nitrogens with zero attached hydrogens (tertiary/aromatic N) is 3. The first-order chi connectivity index (χ1) is 9.70. The minimum Gasteiger partial charge on any atom is -0.465 e. The largest absolute Gasteiger partial charge is 0.465 e. The summed E-state index contributed by atoms with van der Waals surface area (Å²) in [6, 6.07) is 6.67. The molecule has 100 valence electrons. The maximum Gasteiger partial charge on any atom is 0.337 e. The molecule has 0 bridgehead atoms. The van der Waals surface area contributed by atoms with E-state index < -0.39 is 5.97 Å². The number of hydrogen-bond acceptors (Lipinski definition) is 5. The highest BCUT2D eigenvalue weighted by Gasteiger charge is 2.10. The number of ether oxygens (including phenoxy) is 1. The molecule has 0 fully saturated rings. The van der Waals surface area contributed by atoms with E-state index in [1.54, 1.807) is 24.3 Å². The summed E-state index contributed by atoms with van der Waals surface area (Å²) < 4.78 is 6.17. The molecular formula is C13H10N4O3. The Balaban J connectivity index is 2.10. The van der Waals surface area contributed by atoms with Gasteiger partial charge in [0.15, 0.2) is 5.65 Å². The molecule has 0 atom stereocenters. The second-order valence-corrected chi connectivity index (χ2v) is 4.06. The average Bonchev–Trinajstić information content (AvgIpc) is 2.92. The fourth-order valence-electron chi connectivity index (χ4n) is 1.90. The van der Waals surface area contributed by atoms with Crippen LogP contribution in [0.3, 0.4) is 0 Å². The Hall–Kier alpha value is -2.96. The van der Waals surface area contributed by atoms with Gasteiger partial charge in [0.05, 0.1) is 30.9 Å². The third-order valence-corrected chi connectivity index (χ3v) is 2.90. The van der Waals surface area contributed by atoms with Gasteiger partial charge in [0.1, 0.15) is 5.39 Å². The van der Waals surface area contributed by atoms with E-state index >= 15 is 0 Å². The summed E-state index contributed by atoms with van der Waals surface area (Å²) in [5.74, 6) is -0.406. The standard InChI is InChI=1S/C13H10N4O3/c1-20-13(19)8-2-4-9(5-3-8)17-11-10(6-16-17)12(18)15-7-14-11/h2-7H,1H3,(H,14,15,18). The van der Waals surface area contributed by atoms with Crippen molar-refractivity contribution in [3.63, 3.8) is 0 Å². The van der Waals surface area contributed by atoms with Crippen LogP contribution in [-0.4, -0.2) is 32.8 Å². The van der Waals surface area contributed by atoms with Gasteiger partial charge in [-0.25, -0.2) is 14.5 Å².